The van der Waals surface area contributed by atoms with Gasteiger partial charge >= 0.3 is 0 Å². The molecular weight excluding hydrogens is 387 g/mol. The first kappa shape index (κ1) is 20.2. The topological polar surface area (TPSA) is 89.5 Å². The summed E-state index contributed by atoms with van der Waals surface area (Å²) in [7, 11) is 0. The van der Waals surface area contributed by atoms with Crippen LogP contribution in [0.3, 0.4) is 0 Å². The fraction of sp³-hybridized carbons (Fsp3) is 0.318. The molecule has 0 radical (unpaired) electrons. The number of amides is 1. The number of carbonyl (C=O) groups is 1. The number of piperazine rings is 1. The maximum Gasteiger partial charge on any atom is 0.272 e. The fourth-order valence-corrected chi connectivity index (χ4v) is 3.83. The third-order valence-corrected chi connectivity index (χ3v) is 5.48. The molecule has 1 aliphatic rings. The van der Waals surface area contributed by atoms with E-state index < -0.39 is 5.82 Å². The van der Waals surface area contributed by atoms with E-state index in [4.69, 9.17) is 5.11 Å². The number of hydrogen-bond acceptors (Lipinski definition) is 5. The van der Waals surface area contributed by atoms with Crippen LogP contribution in [0.2, 0.25) is 0 Å². The molecule has 156 valence electrons. The molecule has 1 amide bonds. The normalized spacial score (nSPS) is 14.9. The van der Waals surface area contributed by atoms with Gasteiger partial charge in [-0.1, -0.05) is 24.3 Å². The molecule has 1 aromatic heterocycles. The second-order valence-electron chi connectivity index (χ2n) is 7.39. The summed E-state index contributed by atoms with van der Waals surface area (Å²) in [6, 6.07) is 11.7. The van der Waals surface area contributed by atoms with Crippen LogP contribution >= 0.6 is 0 Å². The molecule has 1 fully saturated rings. The minimum absolute atomic E-state index is 0.0387. The number of nitrogens with zero attached hydrogens (tertiary/aromatic N) is 3. The zero-order chi connectivity index (χ0) is 21.1. The zero-order valence-electron chi connectivity index (χ0n) is 16.5. The molecule has 8 heteroatoms. The van der Waals surface area contributed by atoms with E-state index in [0.717, 1.165) is 10.9 Å². The van der Waals surface area contributed by atoms with Crippen LogP contribution in [0.1, 0.15) is 21.6 Å². The Hall–Kier alpha value is -3.10. The molecule has 30 heavy (non-hydrogen) atoms. The predicted molar refractivity (Wildman–Crippen MR) is 111 cm³/mol. The molecule has 3 aromatic rings. The molecule has 0 unspecified atom stereocenters. The van der Waals surface area contributed by atoms with Crippen molar-refractivity contribution in [3.05, 3.63) is 75.5 Å². The minimum Gasteiger partial charge on any atom is -0.395 e. The van der Waals surface area contributed by atoms with Gasteiger partial charge in [-0.25, -0.2) is 9.49 Å². The predicted octanol–water partition coefficient (Wildman–Crippen LogP) is 1.40. The van der Waals surface area contributed by atoms with Gasteiger partial charge in [0.15, 0.2) is 0 Å². The second-order valence-corrected chi connectivity index (χ2v) is 7.39. The van der Waals surface area contributed by atoms with Gasteiger partial charge in [0.2, 0.25) is 0 Å². The summed E-state index contributed by atoms with van der Waals surface area (Å²) in [5.41, 5.74) is 1.18. The molecule has 0 saturated carbocycles. The largest absolute Gasteiger partial charge is 0.395 e. The van der Waals surface area contributed by atoms with Gasteiger partial charge in [-0.2, -0.15) is 5.10 Å². The number of β-amino-alcohol motifs (C(OH)–C–C–N with tert-alkyl or cyclic N) is 1. The van der Waals surface area contributed by atoms with E-state index in [-0.39, 0.29) is 23.6 Å². The number of nitrogens with one attached hydrogen (secondary N) is 1. The van der Waals surface area contributed by atoms with E-state index in [0.29, 0.717) is 50.2 Å². The van der Waals surface area contributed by atoms with Crippen LogP contribution in [0.15, 0.2) is 47.3 Å². The molecule has 1 aliphatic heterocycles. The number of aliphatic hydroxyl groups excluding tert-OH is 1. The first-order chi connectivity index (χ1) is 14.6. The highest BCUT2D eigenvalue weighted by molar-refractivity contribution is 5.95. The molecule has 0 atom stereocenters. The van der Waals surface area contributed by atoms with Crippen LogP contribution in [0, 0.1) is 5.82 Å². The monoisotopic (exact) mass is 410 g/mol. The van der Waals surface area contributed by atoms with Crippen LogP contribution in [-0.2, 0) is 6.42 Å². The fourth-order valence-electron chi connectivity index (χ4n) is 3.83. The number of aromatic amines is 1. The molecule has 0 bridgehead atoms. The Bertz CT molecular complexity index is 1120. The van der Waals surface area contributed by atoms with Gasteiger partial charge in [0, 0.05) is 44.5 Å². The average molecular weight is 410 g/mol. The summed E-state index contributed by atoms with van der Waals surface area (Å²) in [5, 5.41) is 17.0. The molecule has 0 aliphatic carbocycles. The molecule has 0 spiro atoms. The van der Waals surface area contributed by atoms with Crippen LogP contribution in [-0.4, -0.2) is 70.3 Å². The second kappa shape index (κ2) is 8.73. The third-order valence-electron chi connectivity index (χ3n) is 5.48. The number of fused-ring (bicyclic) bond motifs is 1. The molecule has 4 rings (SSSR count). The summed E-state index contributed by atoms with van der Waals surface area (Å²) in [6.07, 6.45) is 0.363. The Morgan fingerprint density at radius 2 is 1.83 bits per heavy atom. The molecule has 2 aromatic carbocycles. The Balaban J connectivity index is 1.57. The molecule has 7 nitrogen and oxygen atoms in total. The Morgan fingerprint density at radius 1 is 1.10 bits per heavy atom. The third kappa shape index (κ3) is 4.10. The van der Waals surface area contributed by atoms with Gasteiger partial charge in [0.05, 0.1) is 23.3 Å². The summed E-state index contributed by atoms with van der Waals surface area (Å²) in [4.78, 5) is 28.6. The lowest BCUT2D eigenvalue weighted by Crippen LogP contribution is -2.49. The Labute approximate surface area is 172 Å². The lowest BCUT2D eigenvalue weighted by molar-refractivity contribution is 0.0610. The van der Waals surface area contributed by atoms with Crippen LogP contribution in [0.25, 0.3) is 10.8 Å². The van der Waals surface area contributed by atoms with Crippen LogP contribution < -0.4 is 5.56 Å². The number of aliphatic hydroxyl groups is 1. The highest BCUT2D eigenvalue weighted by Gasteiger charge is 2.24. The lowest BCUT2D eigenvalue weighted by Gasteiger charge is -2.34. The lowest BCUT2D eigenvalue weighted by atomic mass is 10.0. The van der Waals surface area contributed by atoms with Gasteiger partial charge in [0.1, 0.15) is 5.82 Å². The van der Waals surface area contributed by atoms with E-state index in [1.54, 1.807) is 29.2 Å². The summed E-state index contributed by atoms with van der Waals surface area (Å²) >= 11 is 0. The van der Waals surface area contributed by atoms with Crippen molar-refractivity contribution < 1.29 is 14.3 Å². The number of aromatic nitrogens is 2. The number of benzene rings is 2. The van der Waals surface area contributed by atoms with Gasteiger partial charge in [-0.15, -0.1) is 0 Å². The zero-order valence-corrected chi connectivity index (χ0v) is 16.5. The smallest absolute Gasteiger partial charge is 0.272 e. The van der Waals surface area contributed by atoms with Crippen molar-refractivity contribution in [3.8, 4) is 0 Å². The van der Waals surface area contributed by atoms with Crippen molar-refractivity contribution in [2.24, 2.45) is 0 Å². The first-order valence-corrected chi connectivity index (χ1v) is 9.94. The molecule has 2 heterocycles. The van der Waals surface area contributed by atoms with Gasteiger partial charge in [-0.3, -0.25) is 14.5 Å². The summed E-state index contributed by atoms with van der Waals surface area (Å²) < 4.78 is 14.5. The van der Waals surface area contributed by atoms with E-state index in [1.807, 2.05) is 12.1 Å². The van der Waals surface area contributed by atoms with Crippen molar-refractivity contribution in [2.75, 3.05) is 39.3 Å². The minimum atomic E-state index is -0.555. The van der Waals surface area contributed by atoms with Crippen LogP contribution in [0.4, 0.5) is 4.39 Å². The van der Waals surface area contributed by atoms with E-state index in [1.165, 1.54) is 6.07 Å². The number of H-pyrrole nitrogens is 1. The van der Waals surface area contributed by atoms with Crippen molar-refractivity contribution in [1.29, 1.82) is 0 Å². The van der Waals surface area contributed by atoms with Crippen molar-refractivity contribution in [3.63, 3.8) is 0 Å². The quantitative estimate of drug-likeness (QED) is 0.664. The van der Waals surface area contributed by atoms with Gasteiger partial charge in [0.25, 0.3) is 11.5 Å². The van der Waals surface area contributed by atoms with Gasteiger partial charge < -0.3 is 10.0 Å². The standard InChI is InChI=1S/C22H23FN4O3/c23-19-6-5-15(14-20-16-3-1-2-4-17(16)21(29)25-24-20)13-18(19)22(30)27-9-7-26(8-10-27)11-12-28/h1-6,13,28H,7-12,14H2,(H,25,29). The Kier molecular flexibility index (Phi) is 5.87. The van der Waals surface area contributed by atoms with E-state index in [2.05, 4.69) is 15.1 Å². The Morgan fingerprint density at radius 3 is 2.57 bits per heavy atom. The summed E-state index contributed by atoms with van der Waals surface area (Å²) in [5.74, 6) is -0.891. The van der Waals surface area contributed by atoms with Crippen molar-refractivity contribution in [1.82, 2.24) is 20.0 Å². The average Bonchev–Trinajstić information content (AvgIpc) is 2.77. The molecule has 1 saturated heterocycles. The highest BCUT2D eigenvalue weighted by Crippen LogP contribution is 2.20. The van der Waals surface area contributed by atoms with Crippen LogP contribution in [0.5, 0.6) is 0 Å². The number of halogens is 1. The first-order valence-electron chi connectivity index (χ1n) is 9.94. The maximum absolute atomic E-state index is 14.5. The highest BCUT2D eigenvalue weighted by atomic mass is 19.1. The van der Waals surface area contributed by atoms with E-state index >= 15 is 0 Å². The summed E-state index contributed by atoms with van der Waals surface area (Å²) in [6.45, 7) is 2.95. The van der Waals surface area contributed by atoms with Crippen molar-refractivity contribution >= 4 is 16.7 Å². The number of hydrogen-bond donors (Lipinski definition) is 2. The number of carbonyl (C=O) groups excluding carboxylic acids is 1. The molecular formula is C22H23FN4O3. The molecule has 2 N–H and O–H groups in total. The maximum atomic E-state index is 14.5. The SMILES string of the molecule is O=C(c1cc(Cc2n[nH]c(=O)c3ccccc23)ccc1F)N1CCN(CCO)CC1. The van der Waals surface area contributed by atoms with Crippen molar-refractivity contribution in [2.45, 2.75) is 6.42 Å². The van der Waals surface area contributed by atoms with Gasteiger partial charge in [-0.05, 0) is 23.8 Å². The number of rotatable bonds is 5. The van der Waals surface area contributed by atoms with E-state index in [9.17, 15) is 14.0 Å².